The number of aliphatic hydroxyl groups is 1. The lowest BCUT2D eigenvalue weighted by Gasteiger charge is -2.18. The Labute approximate surface area is 61.5 Å². The number of hydrogen-bond donors (Lipinski definition) is 1. The van der Waals surface area contributed by atoms with Crippen LogP contribution in [0.4, 0.5) is 0 Å². The van der Waals surface area contributed by atoms with Crippen LogP contribution in [0.3, 0.4) is 0 Å². The summed E-state index contributed by atoms with van der Waals surface area (Å²) >= 11 is 0. The monoisotopic (exact) mass is 142 g/mol. The van der Waals surface area contributed by atoms with Crippen LogP contribution in [0.2, 0.25) is 0 Å². The molecule has 1 saturated heterocycles. The predicted octanol–water partition coefficient (Wildman–Crippen LogP) is 0.962. The molecule has 1 heterocycles. The number of allylic oxidation sites excluding steroid dienone is 1. The third kappa shape index (κ3) is 2.50. The first-order chi connectivity index (χ1) is 4.93. The molecule has 0 aliphatic carbocycles. The molecular weight excluding hydrogens is 128 g/mol. The van der Waals surface area contributed by atoms with Gasteiger partial charge in [-0.1, -0.05) is 12.2 Å². The standard InChI is InChI=1S/C8H14O2/c9-5-1-2-8-3-6-10-7-4-8/h1-2,8-9H,3-7H2. The van der Waals surface area contributed by atoms with E-state index in [1.165, 1.54) is 0 Å². The second-order valence-corrected chi connectivity index (χ2v) is 2.56. The molecule has 0 spiro atoms. The summed E-state index contributed by atoms with van der Waals surface area (Å²) in [6, 6.07) is 0. The Morgan fingerprint density at radius 2 is 2.10 bits per heavy atom. The summed E-state index contributed by atoms with van der Waals surface area (Å²) in [5, 5.41) is 8.48. The zero-order valence-corrected chi connectivity index (χ0v) is 6.12. The summed E-state index contributed by atoms with van der Waals surface area (Å²) in [5.74, 6) is 0.640. The maximum Gasteiger partial charge on any atom is 0.0612 e. The lowest BCUT2D eigenvalue weighted by Crippen LogP contribution is -2.13. The lowest BCUT2D eigenvalue weighted by molar-refractivity contribution is 0.0784. The predicted molar refractivity (Wildman–Crippen MR) is 39.8 cm³/mol. The molecule has 0 atom stereocenters. The van der Waals surface area contributed by atoms with E-state index in [1.54, 1.807) is 0 Å². The highest BCUT2D eigenvalue weighted by Crippen LogP contribution is 2.15. The quantitative estimate of drug-likeness (QED) is 0.582. The lowest BCUT2D eigenvalue weighted by atomic mass is 10.0. The third-order valence-corrected chi connectivity index (χ3v) is 1.78. The molecule has 10 heavy (non-hydrogen) atoms. The minimum Gasteiger partial charge on any atom is -0.392 e. The summed E-state index contributed by atoms with van der Waals surface area (Å²) in [5.41, 5.74) is 0. The van der Waals surface area contributed by atoms with Gasteiger partial charge >= 0.3 is 0 Å². The maximum atomic E-state index is 8.48. The molecule has 2 nitrogen and oxygen atoms in total. The van der Waals surface area contributed by atoms with Crippen molar-refractivity contribution in [1.82, 2.24) is 0 Å². The summed E-state index contributed by atoms with van der Waals surface area (Å²) in [4.78, 5) is 0. The van der Waals surface area contributed by atoms with Gasteiger partial charge in [0.2, 0.25) is 0 Å². The molecule has 1 aliphatic rings. The van der Waals surface area contributed by atoms with Gasteiger partial charge in [-0.25, -0.2) is 0 Å². The van der Waals surface area contributed by atoms with Crippen LogP contribution >= 0.6 is 0 Å². The van der Waals surface area contributed by atoms with Crippen LogP contribution in [0.1, 0.15) is 12.8 Å². The Morgan fingerprint density at radius 1 is 1.40 bits per heavy atom. The fourth-order valence-corrected chi connectivity index (χ4v) is 1.16. The maximum absolute atomic E-state index is 8.48. The van der Waals surface area contributed by atoms with E-state index in [1.807, 2.05) is 6.08 Å². The zero-order chi connectivity index (χ0) is 7.23. The molecule has 1 N–H and O–H groups in total. The van der Waals surface area contributed by atoms with E-state index in [9.17, 15) is 0 Å². The average Bonchev–Trinajstić information content (AvgIpc) is 2.03. The summed E-state index contributed by atoms with van der Waals surface area (Å²) in [7, 11) is 0. The van der Waals surface area contributed by atoms with Gasteiger partial charge in [0, 0.05) is 13.2 Å². The van der Waals surface area contributed by atoms with Crippen LogP contribution in [0, 0.1) is 5.92 Å². The van der Waals surface area contributed by atoms with Crippen LogP contribution in [-0.4, -0.2) is 24.9 Å². The summed E-state index contributed by atoms with van der Waals surface area (Å²) in [6.45, 7) is 1.91. The van der Waals surface area contributed by atoms with Gasteiger partial charge in [0.05, 0.1) is 6.61 Å². The first-order valence-electron chi connectivity index (χ1n) is 3.78. The van der Waals surface area contributed by atoms with E-state index in [-0.39, 0.29) is 6.61 Å². The van der Waals surface area contributed by atoms with E-state index in [4.69, 9.17) is 9.84 Å². The molecule has 0 unspecified atom stereocenters. The molecule has 0 radical (unpaired) electrons. The highest BCUT2D eigenvalue weighted by atomic mass is 16.5. The molecule has 58 valence electrons. The van der Waals surface area contributed by atoms with Crippen molar-refractivity contribution in [2.75, 3.05) is 19.8 Å². The summed E-state index contributed by atoms with van der Waals surface area (Å²) < 4.78 is 5.18. The minimum atomic E-state index is 0.164. The molecule has 1 fully saturated rings. The van der Waals surface area contributed by atoms with Crippen molar-refractivity contribution in [2.45, 2.75) is 12.8 Å². The second kappa shape index (κ2) is 4.47. The zero-order valence-electron chi connectivity index (χ0n) is 6.12. The van der Waals surface area contributed by atoms with Crippen molar-refractivity contribution < 1.29 is 9.84 Å². The number of rotatable bonds is 2. The van der Waals surface area contributed by atoms with E-state index in [0.717, 1.165) is 26.1 Å². The van der Waals surface area contributed by atoms with Gasteiger partial charge in [0.15, 0.2) is 0 Å². The molecule has 0 aromatic heterocycles. The van der Waals surface area contributed by atoms with E-state index >= 15 is 0 Å². The van der Waals surface area contributed by atoms with Crippen molar-refractivity contribution in [2.24, 2.45) is 5.92 Å². The molecule has 0 saturated carbocycles. The average molecular weight is 142 g/mol. The third-order valence-electron chi connectivity index (χ3n) is 1.78. The van der Waals surface area contributed by atoms with Crippen molar-refractivity contribution >= 4 is 0 Å². The molecule has 0 aromatic rings. The van der Waals surface area contributed by atoms with E-state index < -0.39 is 0 Å². The Hall–Kier alpha value is -0.340. The van der Waals surface area contributed by atoms with Crippen molar-refractivity contribution in [3.63, 3.8) is 0 Å². The molecule has 0 bridgehead atoms. The molecule has 1 rings (SSSR count). The normalized spacial score (nSPS) is 22.1. The molecular formula is C8H14O2. The van der Waals surface area contributed by atoms with Crippen LogP contribution < -0.4 is 0 Å². The Balaban J connectivity index is 2.19. The van der Waals surface area contributed by atoms with Crippen LogP contribution in [-0.2, 0) is 4.74 Å². The van der Waals surface area contributed by atoms with Gasteiger partial charge in [-0.05, 0) is 18.8 Å². The smallest absolute Gasteiger partial charge is 0.0612 e. The van der Waals surface area contributed by atoms with E-state index in [2.05, 4.69) is 6.08 Å². The first-order valence-corrected chi connectivity index (χ1v) is 3.78. The molecule has 0 aromatic carbocycles. The van der Waals surface area contributed by atoms with E-state index in [0.29, 0.717) is 5.92 Å². The molecule has 0 amide bonds. The first kappa shape index (κ1) is 7.76. The fourth-order valence-electron chi connectivity index (χ4n) is 1.16. The molecule has 2 heteroatoms. The van der Waals surface area contributed by atoms with Gasteiger partial charge in [0.1, 0.15) is 0 Å². The Bertz CT molecular complexity index is 104. The highest BCUT2D eigenvalue weighted by molar-refractivity contribution is 4.88. The second-order valence-electron chi connectivity index (χ2n) is 2.56. The van der Waals surface area contributed by atoms with Gasteiger partial charge in [0.25, 0.3) is 0 Å². The van der Waals surface area contributed by atoms with Crippen LogP contribution in [0.25, 0.3) is 0 Å². The van der Waals surface area contributed by atoms with Crippen LogP contribution in [0.15, 0.2) is 12.2 Å². The van der Waals surface area contributed by atoms with Crippen molar-refractivity contribution in [3.05, 3.63) is 12.2 Å². The van der Waals surface area contributed by atoms with Crippen molar-refractivity contribution in [3.8, 4) is 0 Å². The topological polar surface area (TPSA) is 29.5 Å². The fraction of sp³-hybridized carbons (Fsp3) is 0.750. The Morgan fingerprint density at radius 3 is 2.70 bits per heavy atom. The Kier molecular flexibility index (Phi) is 3.47. The number of ether oxygens (including phenoxy) is 1. The van der Waals surface area contributed by atoms with Gasteiger partial charge < -0.3 is 9.84 Å². The SMILES string of the molecule is OCC=CC1CCOCC1. The molecule has 1 aliphatic heterocycles. The van der Waals surface area contributed by atoms with Crippen LogP contribution in [0.5, 0.6) is 0 Å². The number of hydrogen-bond acceptors (Lipinski definition) is 2. The van der Waals surface area contributed by atoms with Crippen molar-refractivity contribution in [1.29, 1.82) is 0 Å². The van der Waals surface area contributed by atoms with Gasteiger partial charge in [-0.2, -0.15) is 0 Å². The highest BCUT2D eigenvalue weighted by Gasteiger charge is 2.09. The van der Waals surface area contributed by atoms with Gasteiger partial charge in [-0.15, -0.1) is 0 Å². The number of aliphatic hydroxyl groups excluding tert-OH is 1. The minimum absolute atomic E-state index is 0.164. The largest absolute Gasteiger partial charge is 0.392 e. The summed E-state index contributed by atoms with van der Waals surface area (Å²) in [6.07, 6.45) is 6.12. The van der Waals surface area contributed by atoms with Gasteiger partial charge in [-0.3, -0.25) is 0 Å².